The number of hydrogen-bond acceptors (Lipinski definition) is 2. The summed E-state index contributed by atoms with van der Waals surface area (Å²) < 4.78 is 0. The summed E-state index contributed by atoms with van der Waals surface area (Å²) in [6.45, 7) is 4.03. The SMILES string of the molecule is CC(C)(CBr)NN. The summed E-state index contributed by atoms with van der Waals surface area (Å²) in [5.74, 6) is 5.14. The van der Waals surface area contributed by atoms with Gasteiger partial charge < -0.3 is 0 Å². The third-order valence-corrected chi connectivity index (χ3v) is 2.13. The van der Waals surface area contributed by atoms with Crippen LogP contribution in [0, 0.1) is 0 Å². The Balaban J connectivity index is 3.36. The van der Waals surface area contributed by atoms with Gasteiger partial charge in [-0.05, 0) is 13.8 Å². The molecule has 0 bridgehead atoms. The Bertz CT molecular complexity index is 47.7. The van der Waals surface area contributed by atoms with Crippen LogP contribution in [0.25, 0.3) is 0 Å². The first-order valence-electron chi connectivity index (χ1n) is 2.16. The molecule has 0 aromatic heterocycles. The fourth-order valence-corrected chi connectivity index (χ4v) is 0.200. The van der Waals surface area contributed by atoms with E-state index in [2.05, 4.69) is 21.4 Å². The zero-order valence-corrected chi connectivity index (χ0v) is 6.25. The van der Waals surface area contributed by atoms with Gasteiger partial charge in [-0.25, -0.2) is 0 Å². The maximum atomic E-state index is 5.14. The minimum atomic E-state index is 0.0278. The molecule has 0 aromatic rings. The molecule has 0 amide bonds. The normalized spacial score (nSPS) is 12.0. The highest BCUT2D eigenvalue weighted by Gasteiger charge is 2.10. The number of hydrogen-bond donors (Lipinski definition) is 2. The molecule has 0 fully saturated rings. The third kappa shape index (κ3) is 3.02. The van der Waals surface area contributed by atoms with E-state index in [-0.39, 0.29) is 5.54 Å². The van der Waals surface area contributed by atoms with E-state index >= 15 is 0 Å². The van der Waals surface area contributed by atoms with Crippen molar-refractivity contribution in [2.75, 3.05) is 5.33 Å². The van der Waals surface area contributed by atoms with Crippen LogP contribution in [0.4, 0.5) is 0 Å². The standard InChI is InChI=1S/C4H11BrN2/c1-4(2,3-5)7-6/h7H,3,6H2,1-2H3. The molecule has 3 heteroatoms. The van der Waals surface area contributed by atoms with Crippen LogP contribution in [-0.2, 0) is 0 Å². The van der Waals surface area contributed by atoms with Gasteiger partial charge in [-0.15, -0.1) is 0 Å². The van der Waals surface area contributed by atoms with Crippen molar-refractivity contribution in [3.63, 3.8) is 0 Å². The molecule has 44 valence electrons. The average molecular weight is 167 g/mol. The van der Waals surface area contributed by atoms with Crippen molar-refractivity contribution < 1.29 is 0 Å². The molecule has 0 atom stereocenters. The van der Waals surface area contributed by atoms with Crippen LogP contribution in [0.3, 0.4) is 0 Å². The van der Waals surface area contributed by atoms with Gasteiger partial charge in [-0.2, -0.15) is 0 Å². The lowest BCUT2D eigenvalue weighted by Crippen LogP contribution is -2.45. The van der Waals surface area contributed by atoms with Gasteiger partial charge in [-0.3, -0.25) is 11.3 Å². The summed E-state index contributed by atoms with van der Waals surface area (Å²) in [6, 6.07) is 0. The Morgan fingerprint density at radius 2 is 2.14 bits per heavy atom. The first-order chi connectivity index (χ1) is 3.12. The highest BCUT2D eigenvalue weighted by molar-refractivity contribution is 9.09. The summed E-state index contributed by atoms with van der Waals surface area (Å²) in [7, 11) is 0. The lowest BCUT2D eigenvalue weighted by molar-refractivity contribution is 0.449. The topological polar surface area (TPSA) is 38.0 Å². The van der Waals surface area contributed by atoms with E-state index in [1.807, 2.05) is 13.8 Å². The Hall–Kier alpha value is 0.400. The van der Waals surface area contributed by atoms with Crippen LogP contribution in [0.5, 0.6) is 0 Å². The van der Waals surface area contributed by atoms with Gasteiger partial charge in [0.05, 0.1) is 0 Å². The third-order valence-electron chi connectivity index (χ3n) is 0.725. The van der Waals surface area contributed by atoms with Crippen LogP contribution >= 0.6 is 15.9 Å². The monoisotopic (exact) mass is 166 g/mol. The molecule has 0 rings (SSSR count). The predicted molar refractivity (Wildman–Crippen MR) is 35.2 cm³/mol. The van der Waals surface area contributed by atoms with Crippen LogP contribution in [0.2, 0.25) is 0 Å². The number of hydrazine groups is 1. The molecule has 0 saturated carbocycles. The second kappa shape index (κ2) is 2.64. The molecule has 0 radical (unpaired) electrons. The molecule has 0 saturated heterocycles. The smallest absolute Gasteiger partial charge is 0.0361 e. The van der Waals surface area contributed by atoms with Crippen molar-refractivity contribution in [2.45, 2.75) is 19.4 Å². The van der Waals surface area contributed by atoms with Crippen molar-refractivity contribution in [2.24, 2.45) is 5.84 Å². The summed E-state index contributed by atoms with van der Waals surface area (Å²) >= 11 is 3.29. The van der Waals surface area contributed by atoms with Gasteiger partial charge in [0, 0.05) is 10.9 Å². The zero-order valence-electron chi connectivity index (χ0n) is 4.66. The van der Waals surface area contributed by atoms with Crippen molar-refractivity contribution in [3.8, 4) is 0 Å². The molecule has 0 heterocycles. The van der Waals surface area contributed by atoms with E-state index in [0.717, 1.165) is 5.33 Å². The van der Waals surface area contributed by atoms with Gasteiger partial charge in [0.15, 0.2) is 0 Å². The van der Waals surface area contributed by atoms with Gasteiger partial charge >= 0.3 is 0 Å². The van der Waals surface area contributed by atoms with Gasteiger partial charge in [0.2, 0.25) is 0 Å². The molecule has 0 aliphatic heterocycles. The molecule has 0 spiro atoms. The number of alkyl halides is 1. The van der Waals surface area contributed by atoms with Crippen LogP contribution < -0.4 is 11.3 Å². The predicted octanol–water partition coefficient (Wildman–Crippen LogP) is 0.623. The molecule has 3 N–H and O–H groups in total. The second-order valence-corrected chi connectivity index (χ2v) is 2.72. The highest BCUT2D eigenvalue weighted by atomic mass is 79.9. The van der Waals surface area contributed by atoms with Crippen molar-refractivity contribution in [3.05, 3.63) is 0 Å². The van der Waals surface area contributed by atoms with Crippen LogP contribution in [0.15, 0.2) is 0 Å². The van der Waals surface area contributed by atoms with Crippen molar-refractivity contribution in [1.29, 1.82) is 0 Å². The maximum Gasteiger partial charge on any atom is 0.0361 e. The average Bonchev–Trinajstić information content (AvgIpc) is 1.68. The second-order valence-electron chi connectivity index (χ2n) is 2.16. The molecular weight excluding hydrogens is 156 g/mol. The number of rotatable bonds is 2. The fraction of sp³-hybridized carbons (Fsp3) is 1.00. The molecular formula is C4H11BrN2. The minimum absolute atomic E-state index is 0.0278. The Morgan fingerprint density at radius 3 is 2.14 bits per heavy atom. The van der Waals surface area contributed by atoms with E-state index < -0.39 is 0 Å². The summed E-state index contributed by atoms with van der Waals surface area (Å²) in [6.07, 6.45) is 0. The first kappa shape index (κ1) is 7.40. The molecule has 2 nitrogen and oxygen atoms in total. The number of halogens is 1. The van der Waals surface area contributed by atoms with Crippen LogP contribution in [0.1, 0.15) is 13.8 Å². The Morgan fingerprint density at radius 1 is 1.71 bits per heavy atom. The molecule has 0 aliphatic rings. The van der Waals surface area contributed by atoms with E-state index in [4.69, 9.17) is 5.84 Å². The van der Waals surface area contributed by atoms with Gasteiger partial charge in [0.25, 0.3) is 0 Å². The fourth-order valence-electron chi connectivity index (χ4n) is 0.0386. The largest absolute Gasteiger partial charge is 0.271 e. The van der Waals surface area contributed by atoms with Gasteiger partial charge in [0.1, 0.15) is 0 Å². The summed E-state index contributed by atoms with van der Waals surface area (Å²) in [4.78, 5) is 0. The Kier molecular flexibility index (Phi) is 2.80. The molecule has 0 aromatic carbocycles. The Labute approximate surface area is 52.6 Å². The first-order valence-corrected chi connectivity index (χ1v) is 3.28. The zero-order chi connectivity index (χ0) is 5.91. The van der Waals surface area contributed by atoms with Gasteiger partial charge in [-0.1, -0.05) is 15.9 Å². The number of nitrogens with one attached hydrogen (secondary N) is 1. The van der Waals surface area contributed by atoms with Crippen molar-refractivity contribution >= 4 is 15.9 Å². The van der Waals surface area contributed by atoms with E-state index in [1.165, 1.54) is 0 Å². The molecule has 0 unspecified atom stereocenters. The van der Waals surface area contributed by atoms with E-state index in [9.17, 15) is 0 Å². The van der Waals surface area contributed by atoms with Crippen LogP contribution in [-0.4, -0.2) is 10.9 Å². The molecule has 0 aliphatic carbocycles. The lowest BCUT2D eigenvalue weighted by atomic mass is 10.1. The summed E-state index contributed by atoms with van der Waals surface area (Å²) in [5.41, 5.74) is 2.67. The molecule has 7 heavy (non-hydrogen) atoms. The van der Waals surface area contributed by atoms with E-state index in [0.29, 0.717) is 0 Å². The highest BCUT2D eigenvalue weighted by Crippen LogP contribution is 2.02. The lowest BCUT2D eigenvalue weighted by Gasteiger charge is -2.18. The quantitative estimate of drug-likeness (QED) is 0.359. The summed E-state index contributed by atoms with van der Waals surface area (Å²) in [5, 5.41) is 0.872. The minimum Gasteiger partial charge on any atom is -0.271 e. The van der Waals surface area contributed by atoms with Crippen molar-refractivity contribution in [1.82, 2.24) is 5.43 Å². The maximum absolute atomic E-state index is 5.14. The number of nitrogens with two attached hydrogens (primary N) is 1. The van der Waals surface area contributed by atoms with E-state index in [1.54, 1.807) is 0 Å².